The van der Waals surface area contributed by atoms with Gasteiger partial charge in [-0.2, -0.15) is 65.9 Å². The molecule has 0 aliphatic heterocycles. The molecule has 0 heterocycles. The summed E-state index contributed by atoms with van der Waals surface area (Å²) in [5, 5.41) is 0. The van der Waals surface area contributed by atoms with Crippen LogP contribution in [-0.4, -0.2) is 36.0 Å². The van der Waals surface area contributed by atoms with Crippen LogP contribution in [0.25, 0.3) is 0 Å². The third kappa shape index (κ3) is 3.10. The highest BCUT2D eigenvalue weighted by Gasteiger charge is 2.90. The van der Waals surface area contributed by atoms with Crippen LogP contribution in [0.1, 0.15) is 0 Å². The molecule has 0 rings (SSSR count). The third-order valence-electron chi connectivity index (χ3n) is 2.39. The first-order valence-electron chi connectivity index (χ1n) is 4.77. The number of hydrogen-bond acceptors (Lipinski definition) is 0. The first-order chi connectivity index (χ1) is 10.1. The van der Waals surface area contributed by atoms with Crippen molar-refractivity contribution in [2.24, 2.45) is 0 Å². The normalized spacial score (nSPS) is 17.5. The van der Waals surface area contributed by atoms with Crippen molar-refractivity contribution < 1.29 is 70.2 Å². The summed E-state index contributed by atoms with van der Waals surface area (Å²) >= 11 is 0. The third-order valence-corrected chi connectivity index (χ3v) is 2.39. The molecule has 0 saturated heterocycles. The van der Waals surface area contributed by atoms with Crippen molar-refractivity contribution in [1.82, 2.24) is 0 Å². The van der Waals surface area contributed by atoms with E-state index in [2.05, 4.69) is 0 Å². The van der Waals surface area contributed by atoms with Crippen LogP contribution in [-0.2, 0) is 0 Å². The van der Waals surface area contributed by atoms with Crippen molar-refractivity contribution in [3.8, 4) is 0 Å². The van der Waals surface area contributed by atoms with Crippen LogP contribution < -0.4 is 0 Å². The summed E-state index contributed by atoms with van der Waals surface area (Å²) in [5.74, 6) is -16.4. The molecular weight excluding hydrogens is 400 g/mol. The van der Waals surface area contributed by atoms with E-state index < -0.39 is 47.7 Å². The summed E-state index contributed by atoms with van der Waals surface area (Å²) in [5.41, 5.74) is -13.3. The van der Waals surface area contributed by atoms with Crippen molar-refractivity contribution >= 4 is 0 Å². The summed E-state index contributed by atoms with van der Waals surface area (Å²) in [7, 11) is 0. The maximum absolute atomic E-state index is 13.4. The van der Waals surface area contributed by atoms with Crippen LogP contribution in [0.15, 0.2) is 11.7 Å². The standard InChI is InChI=1S/C8F16/c9-2(10)1(4(12,13)14)3(11,7(19,20)21)5(15,16)6(17,18)8(22,23)24. The zero-order valence-corrected chi connectivity index (χ0v) is 10.0. The van der Waals surface area contributed by atoms with E-state index in [0.717, 1.165) is 0 Å². The molecule has 0 nitrogen and oxygen atoms in total. The Morgan fingerprint density at radius 2 is 0.792 bits per heavy atom. The average molecular weight is 400 g/mol. The maximum Gasteiger partial charge on any atom is 0.460 e. The van der Waals surface area contributed by atoms with Gasteiger partial charge in [-0.05, 0) is 0 Å². The van der Waals surface area contributed by atoms with Gasteiger partial charge >= 0.3 is 36.0 Å². The van der Waals surface area contributed by atoms with Crippen LogP contribution in [0.4, 0.5) is 70.2 Å². The smallest absolute Gasteiger partial charge is 0.221 e. The minimum absolute atomic E-state index is 4.92. The Kier molecular flexibility index (Phi) is 5.25. The molecule has 0 amide bonds. The van der Waals surface area contributed by atoms with Crippen LogP contribution in [0.3, 0.4) is 0 Å². The molecule has 0 N–H and O–H groups in total. The second-order valence-electron chi connectivity index (χ2n) is 3.94. The number of allylic oxidation sites excluding steroid dienone is 1. The van der Waals surface area contributed by atoms with Gasteiger partial charge < -0.3 is 0 Å². The molecule has 144 valence electrons. The van der Waals surface area contributed by atoms with Gasteiger partial charge in [0.1, 0.15) is 0 Å². The van der Waals surface area contributed by atoms with Crippen molar-refractivity contribution in [2.75, 3.05) is 0 Å². The van der Waals surface area contributed by atoms with Gasteiger partial charge in [0.25, 0.3) is 6.08 Å². The minimum atomic E-state index is -8.33. The van der Waals surface area contributed by atoms with Crippen LogP contribution in [0.2, 0.25) is 0 Å². The van der Waals surface area contributed by atoms with Gasteiger partial charge in [0.15, 0.2) is 5.57 Å². The largest absolute Gasteiger partial charge is 0.460 e. The lowest BCUT2D eigenvalue weighted by atomic mass is 9.84. The molecule has 1 unspecified atom stereocenters. The predicted molar refractivity (Wildman–Crippen MR) is 41.1 cm³/mol. The van der Waals surface area contributed by atoms with E-state index in [1.165, 1.54) is 0 Å². The predicted octanol–water partition coefficient (Wildman–Crippen LogP) is 5.80. The van der Waals surface area contributed by atoms with Gasteiger partial charge in [0.2, 0.25) is 0 Å². The molecule has 0 aliphatic rings. The van der Waals surface area contributed by atoms with Crippen molar-refractivity contribution in [3.63, 3.8) is 0 Å². The lowest BCUT2D eigenvalue weighted by molar-refractivity contribution is -0.408. The van der Waals surface area contributed by atoms with Gasteiger partial charge in [-0.3, -0.25) is 0 Å². The van der Waals surface area contributed by atoms with Crippen LogP contribution in [0.5, 0.6) is 0 Å². The maximum atomic E-state index is 13.4. The van der Waals surface area contributed by atoms with Gasteiger partial charge in [0.05, 0.1) is 0 Å². The van der Waals surface area contributed by atoms with E-state index in [1.807, 2.05) is 0 Å². The topological polar surface area (TPSA) is 0 Å². The molecule has 24 heavy (non-hydrogen) atoms. The number of alkyl halides is 14. The minimum Gasteiger partial charge on any atom is -0.221 e. The summed E-state index contributed by atoms with van der Waals surface area (Å²) in [6, 6.07) is 0. The highest BCUT2D eigenvalue weighted by molar-refractivity contribution is 5.32. The fraction of sp³-hybridized carbons (Fsp3) is 0.750. The number of hydrogen-bond donors (Lipinski definition) is 0. The molecule has 1 atom stereocenters. The molecule has 0 aliphatic carbocycles. The summed E-state index contributed by atoms with van der Waals surface area (Å²) < 4.78 is 196. The Morgan fingerprint density at radius 3 is 0.958 bits per heavy atom. The van der Waals surface area contributed by atoms with Crippen molar-refractivity contribution in [2.45, 2.75) is 36.0 Å². The Hall–Kier alpha value is -1.38. The molecule has 0 spiro atoms. The van der Waals surface area contributed by atoms with Gasteiger partial charge in [-0.15, -0.1) is 0 Å². The Labute approximate surface area is 119 Å². The van der Waals surface area contributed by atoms with Gasteiger partial charge in [-0.1, -0.05) is 0 Å². The first kappa shape index (κ1) is 22.6. The summed E-state index contributed by atoms with van der Waals surface area (Å²) in [6.45, 7) is 0. The van der Waals surface area contributed by atoms with E-state index >= 15 is 0 Å². The SMILES string of the molecule is FC(F)=C(C(F)(F)F)C(F)(C(F)(F)F)C(F)(F)C(F)(F)C(F)(F)F. The van der Waals surface area contributed by atoms with Crippen LogP contribution in [0, 0.1) is 0 Å². The molecule has 0 bridgehead atoms. The highest BCUT2D eigenvalue weighted by Crippen LogP contribution is 2.62. The molecule has 0 saturated carbocycles. The van der Waals surface area contributed by atoms with Gasteiger partial charge in [0, 0.05) is 0 Å². The second-order valence-corrected chi connectivity index (χ2v) is 3.94. The zero-order valence-electron chi connectivity index (χ0n) is 10.0. The molecule has 0 radical (unpaired) electrons. The lowest BCUT2D eigenvalue weighted by Gasteiger charge is -2.40. The first-order valence-corrected chi connectivity index (χ1v) is 4.77. The fourth-order valence-electron chi connectivity index (χ4n) is 1.30. The molecule has 0 aromatic carbocycles. The van der Waals surface area contributed by atoms with E-state index in [4.69, 9.17) is 0 Å². The van der Waals surface area contributed by atoms with Crippen molar-refractivity contribution in [1.29, 1.82) is 0 Å². The van der Waals surface area contributed by atoms with E-state index in [1.54, 1.807) is 0 Å². The average Bonchev–Trinajstić information content (AvgIpc) is 2.22. The molecule has 16 heteroatoms. The molecule has 0 aromatic rings. The quantitative estimate of drug-likeness (QED) is 0.526. The summed E-state index contributed by atoms with van der Waals surface area (Å²) in [6.07, 6.45) is -27.9. The van der Waals surface area contributed by atoms with Gasteiger partial charge in [-0.25, -0.2) is 4.39 Å². The van der Waals surface area contributed by atoms with E-state index in [0.29, 0.717) is 0 Å². The van der Waals surface area contributed by atoms with Crippen LogP contribution >= 0.6 is 0 Å². The number of rotatable bonds is 3. The lowest BCUT2D eigenvalue weighted by Crippen LogP contribution is -2.69. The fourth-order valence-corrected chi connectivity index (χ4v) is 1.30. The Bertz CT molecular complexity index is 496. The molecule has 0 aromatic heterocycles. The Morgan fingerprint density at radius 1 is 0.458 bits per heavy atom. The monoisotopic (exact) mass is 400 g/mol. The highest BCUT2D eigenvalue weighted by atomic mass is 19.4. The Balaban J connectivity index is 7.04. The number of halogens is 16. The van der Waals surface area contributed by atoms with Crippen molar-refractivity contribution in [3.05, 3.63) is 11.7 Å². The van der Waals surface area contributed by atoms with E-state index in [9.17, 15) is 70.2 Å². The zero-order chi connectivity index (χ0) is 20.2. The molecule has 0 fully saturated rings. The second kappa shape index (κ2) is 5.57. The summed E-state index contributed by atoms with van der Waals surface area (Å²) in [4.78, 5) is 0. The van der Waals surface area contributed by atoms with E-state index in [-0.39, 0.29) is 0 Å². The molecular formula is C8F16.